The van der Waals surface area contributed by atoms with Gasteiger partial charge >= 0.3 is 12.0 Å². The Morgan fingerprint density at radius 3 is 3.08 bits per heavy atom. The highest BCUT2D eigenvalue weighted by Gasteiger charge is 2.55. The molecule has 0 spiro atoms. The van der Waals surface area contributed by atoms with Crippen LogP contribution in [0, 0.1) is 11.3 Å². The maximum atomic E-state index is 12.5. The van der Waals surface area contributed by atoms with Crippen LogP contribution in [0.25, 0.3) is 0 Å². The fraction of sp³-hybridized carbons (Fsp3) is 0.632. The molecule has 142 valence electrons. The third-order valence-corrected chi connectivity index (χ3v) is 5.60. The van der Waals surface area contributed by atoms with Crippen LogP contribution in [0.3, 0.4) is 0 Å². The number of nitrogens with zero attached hydrogens (tertiary/aromatic N) is 2. The summed E-state index contributed by atoms with van der Waals surface area (Å²) in [5.74, 6) is -0.159. The molecule has 1 saturated heterocycles. The van der Waals surface area contributed by atoms with E-state index in [1.165, 1.54) is 0 Å². The van der Waals surface area contributed by atoms with Crippen LogP contribution in [0.2, 0.25) is 0 Å². The fourth-order valence-electron chi connectivity index (χ4n) is 4.08. The number of aliphatic carboxylic acids is 1. The zero-order valence-electron chi connectivity index (χ0n) is 15.2. The number of carbonyl (C=O) groups is 2. The number of fused-ring (bicyclic) bond motifs is 1. The highest BCUT2D eigenvalue weighted by atomic mass is 16.5. The summed E-state index contributed by atoms with van der Waals surface area (Å²) < 4.78 is 5.69. The van der Waals surface area contributed by atoms with Crippen LogP contribution in [0.15, 0.2) is 18.3 Å². The van der Waals surface area contributed by atoms with Gasteiger partial charge in [-0.25, -0.2) is 9.78 Å². The lowest BCUT2D eigenvalue weighted by Gasteiger charge is -2.23. The number of amides is 2. The van der Waals surface area contributed by atoms with Crippen LogP contribution >= 0.6 is 0 Å². The monoisotopic (exact) mass is 361 g/mol. The summed E-state index contributed by atoms with van der Waals surface area (Å²) in [7, 11) is 0. The molecular weight excluding hydrogens is 334 g/mol. The first-order valence-corrected chi connectivity index (χ1v) is 9.39. The van der Waals surface area contributed by atoms with Crippen molar-refractivity contribution in [1.29, 1.82) is 0 Å². The van der Waals surface area contributed by atoms with Crippen LogP contribution in [0.1, 0.15) is 44.6 Å². The van der Waals surface area contributed by atoms with E-state index in [-0.39, 0.29) is 11.9 Å². The van der Waals surface area contributed by atoms with E-state index in [4.69, 9.17) is 4.74 Å². The molecule has 2 heterocycles. The van der Waals surface area contributed by atoms with Gasteiger partial charge in [0.1, 0.15) is 0 Å². The van der Waals surface area contributed by atoms with Crippen molar-refractivity contribution in [2.24, 2.45) is 11.3 Å². The molecule has 3 rings (SSSR count). The van der Waals surface area contributed by atoms with E-state index >= 15 is 0 Å². The number of ether oxygens (including phenoxy) is 1. The van der Waals surface area contributed by atoms with Gasteiger partial charge in [-0.1, -0.05) is 25.8 Å². The predicted molar refractivity (Wildman–Crippen MR) is 95.9 cm³/mol. The van der Waals surface area contributed by atoms with Gasteiger partial charge in [-0.3, -0.25) is 4.79 Å². The molecule has 26 heavy (non-hydrogen) atoms. The summed E-state index contributed by atoms with van der Waals surface area (Å²) in [6, 6.07) is 3.48. The smallest absolute Gasteiger partial charge is 0.317 e. The molecule has 2 N–H and O–H groups in total. The number of carbonyl (C=O) groups excluding carboxylic acids is 1. The van der Waals surface area contributed by atoms with Crippen molar-refractivity contribution in [3.63, 3.8) is 0 Å². The normalized spacial score (nSPS) is 24.3. The van der Waals surface area contributed by atoms with Gasteiger partial charge in [0, 0.05) is 31.4 Å². The fourth-order valence-corrected chi connectivity index (χ4v) is 4.08. The second-order valence-corrected chi connectivity index (χ2v) is 7.26. The summed E-state index contributed by atoms with van der Waals surface area (Å²) in [5, 5.41) is 12.5. The molecule has 7 heteroatoms. The second kappa shape index (κ2) is 7.93. The molecule has 2 amide bonds. The predicted octanol–water partition coefficient (Wildman–Crippen LogP) is 2.66. The summed E-state index contributed by atoms with van der Waals surface area (Å²) in [4.78, 5) is 30.2. The van der Waals surface area contributed by atoms with Crippen molar-refractivity contribution in [2.75, 3.05) is 19.7 Å². The molecule has 0 radical (unpaired) electrons. The highest BCUT2D eigenvalue weighted by Crippen LogP contribution is 2.48. The molecule has 1 aliphatic heterocycles. The number of unbranched alkanes of at least 4 members (excludes halogenated alkanes) is 1. The van der Waals surface area contributed by atoms with E-state index in [0.29, 0.717) is 38.5 Å². The minimum absolute atomic E-state index is 0.0667. The Kier molecular flexibility index (Phi) is 5.64. The number of rotatable bonds is 7. The zero-order chi connectivity index (χ0) is 18.6. The lowest BCUT2D eigenvalue weighted by atomic mass is 9.81. The summed E-state index contributed by atoms with van der Waals surface area (Å²) in [6.45, 7) is 3.83. The molecule has 2 atom stereocenters. The summed E-state index contributed by atoms with van der Waals surface area (Å²) in [6.07, 6.45) is 6.14. The molecule has 1 saturated carbocycles. The average Bonchev–Trinajstić information content (AvgIpc) is 3.19. The van der Waals surface area contributed by atoms with Crippen LogP contribution in [0.4, 0.5) is 4.79 Å². The number of urea groups is 1. The first-order valence-electron chi connectivity index (χ1n) is 9.39. The van der Waals surface area contributed by atoms with Crippen molar-refractivity contribution < 1.29 is 19.4 Å². The molecule has 7 nitrogen and oxygen atoms in total. The van der Waals surface area contributed by atoms with E-state index in [0.717, 1.165) is 31.2 Å². The van der Waals surface area contributed by atoms with Gasteiger partial charge in [-0.05, 0) is 31.2 Å². The van der Waals surface area contributed by atoms with Gasteiger partial charge in [0.2, 0.25) is 5.88 Å². The van der Waals surface area contributed by atoms with E-state index < -0.39 is 11.4 Å². The zero-order valence-corrected chi connectivity index (χ0v) is 15.2. The first-order chi connectivity index (χ1) is 12.6. The van der Waals surface area contributed by atoms with Crippen molar-refractivity contribution in [1.82, 2.24) is 15.2 Å². The van der Waals surface area contributed by atoms with Crippen LogP contribution in [-0.4, -0.2) is 46.7 Å². The number of aromatic nitrogens is 1. The topological polar surface area (TPSA) is 91.8 Å². The highest BCUT2D eigenvalue weighted by molar-refractivity contribution is 5.80. The lowest BCUT2D eigenvalue weighted by molar-refractivity contribution is -0.149. The van der Waals surface area contributed by atoms with Crippen molar-refractivity contribution in [3.05, 3.63) is 23.9 Å². The number of hydrogen-bond donors (Lipinski definition) is 2. The first kappa shape index (κ1) is 18.5. The van der Waals surface area contributed by atoms with E-state index in [1.54, 1.807) is 11.1 Å². The number of carboxylic acid groups (broad SMARTS) is 1. The molecule has 0 bridgehead atoms. The standard InChI is InChI=1S/C19H27N3O4/c1-2-3-10-26-16-14(6-5-9-20-16)11-21-18(25)22-12-15-7-4-8-19(15,13-22)17(23)24/h5-6,9,15H,2-4,7-8,10-13H2,1H3,(H,21,25)(H,23,24)/t15-,19+/m0/s1. The quantitative estimate of drug-likeness (QED) is 0.729. The molecule has 2 aliphatic rings. The van der Waals surface area contributed by atoms with Gasteiger partial charge in [0.05, 0.1) is 12.0 Å². The molecule has 1 aliphatic carbocycles. The molecule has 2 fully saturated rings. The van der Waals surface area contributed by atoms with Crippen LogP contribution in [-0.2, 0) is 11.3 Å². The lowest BCUT2D eigenvalue weighted by Crippen LogP contribution is -2.41. The number of carboxylic acids is 1. The molecule has 1 aromatic heterocycles. The van der Waals surface area contributed by atoms with Gasteiger partial charge in [-0.2, -0.15) is 0 Å². The Labute approximate surface area is 153 Å². The number of hydrogen-bond acceptors (Lipinski definition) is 4. The van der Waals surface area contributed by atoms with Crippen LogP contribution < -0.4 is 10.1 Å². The number of pyridine rings is 1. The number of likely N-dealkylation sites (tertiary alicyclic amines) is 1. The number of nitrogens with one attached hydrogen (secondary N) is 1. The second-order valence-electron chi connectivity index (χ2n) is 7.26. The maximum absolute atomic E-state index is 12.5. The van der Waals surface area contributed by atoms with Crippen molar-refractivity contribution in [3.8, 4) is 5.88 Å². The largest absolute Gasteiger partial charge is 0.481 e. The van der Waals surface area contributed by atoms with Crippen molar-refractivity contribution in [2.45, 2.75) is 45.6 Å². The van der Waals surface area contributed by atoms with Crippen LogP contribution in [0.5, 0.6) is 5.88 Å². The Hall–Kier alpha value is -2.31. The Morgan fingerprint density at radius 1 is 1.50 bits per heavy atom. The minimum Gasteiger partial charge on any atom is -0.481 e. The van der Waals surface area contributed by atoms with Gasteiger partial charge < -0.3 is 20.1 Å². The summed E-state index contributed by atoms with van der Waals surface area (Å²) in [5.41, 5.74) is 0.0735. The van der Waals surface area contributed by atoms with Gasteiger partial charge in [-0.15, -0.1) is 0 Å². The minimum atomic E-state index is -0.769. The Balaban J connectivity index is 1.58. The maximum Gasteiger partial charge on any atom is 0.317 e. The summed E-state index contributed by atoms with van der Waals surface area (Å²) >= 11 is 0. The third kappa shape index (κ3) is 3.61. The van der Waals surface area contributed by atoms with E-state index in [2.05, 4.69) is 17.2 Å². The van der Waals surface area contributed by atoms with E-state index in [9.17, 15) is 14.7 Å². The third-order valence-electron chi connectivity index (χ3n) is 5.60. The Bertz CT molecular complexity index is 666. The molecule has 0 unspecified atom stereocenters. The SMILES string of the molecule is CCCCOc1ncccc1CNC(=O)N1C[C@@H]2CCC[C@@]2(C(=O)O)C1. The van der Waals surface area contributed by atoms with Gasteiger partial charge in [0.25, 0.3) is 0 Å². The molecule has 1 aromatic rings. The molecular formula is C19H27N3O4. The van der Waals surface area contributed by atoms with E-state index in [1.807, 2.05) is 12.1 Å². The molecule has 0 aromatic carbocycles. The van der Waals surface area contributed by atoms with Gasteiger partial charge in [0.15, 0.2) is 0 Å². The van der Waals surface area contributed by atoms with Crippen molar-refractivity contribution >= 4 is 12.0 Å². The average molecular weight is 361 g/mol. The Morgan fingerprint density at radius 2 is 2.35 bits per heavy atom.